The first-order chi connectivity index (χ1) is 11.0. The summed E-state index contributed by atoms with van der Waals surface area (Å²) < 4.78 is 0. The van der Waals surface area contributed by atoms with Crippen molar-refractivity contribution in [1.29, 1.82) is 0 Å². The number of carbonyl (C=O) groups excluding carboxylic acids is 2. The third kappa shape index (κ3) is 3.08. The summed E-state index contributed by atoms with van der Waals surface area (Å²) in [5, 5.41) is 10.8. The van der Waals surface area contributed by atoms with E-state index in [1.54, 1.807) is 22.2 Å². The maximum absolute atomic E-state index is 12.6. The van der Waals surface area contributed by atoms with Gasteiger partial charge >= 0.3 is 0 Å². The maximum Gasteiger partial charge on any atom is 0.227 e. The van der Waals surface area contributed by atoms with Crippen LogP contribution in [0.4, 0.5) is 0 Å². The second kappa shape index (κ2) is 6.28. The van der Waals surface area contributed by atoms with E-state index in [9.17, 15) is 14.7 Å². The molecule has 6 heteroatoms. The smallest absolute Gasteiger partial charge is 0.227 e. The van der Waals surface area contributed by atoms with Gasteiger partial charge in [-0.05, 0) is 25.8 Å². The van der Waals surface area contributed by atoms with Crippen molar-refractivity contribution < 1.29 is 14.7 Å². The van der Waals surface area contributed by atoms with Gasteiger partial charge in [-0.15, -0.1) is 0 Å². The molecule has 6 nitrogen and oxygen atoms in total. The Morgan fingerprint density at radius 2 is 2.17 bits per heavy atom. The molecule has 23 heavy (non-hydrogen) atoms. The predicted molar refractivity (Wildman–Crippen MR) is 84.3 cm³/mol. The van der Waals surface area contributed by atoms with Gasteiger partial charge in [-0.2, -0.15) is 0 Å². The first-order valence-corrected chi connectivity index (χ1v) is 8.23. The molecule has 1 N–H and O–H groups in total. The SMILES string of the molecule is CCN1CC(C(=O)N2CCC(O)(c3cccnc3)CC2)CC1=O. The zero-order chi connectivity index (χ0) is 16.4. The van der Waals surface area contributed by atoms with Crippen LogP contribution < -0.4 is 0 Å². The third-order valence-electron chi connectivity index (χ3n) is 5.05. The Bertz CT molecular complexity index is 582. The second-order valence-electron chi connectivity index (χ2n) is 6.43. The summed E-state index contributed by atoms with van der Waals surface area (Å²) in [5.74, 6) is -0.121. The van der Waals surface area contributed by atoms with Gasteiger partial charge in [-0.25, -0.2) is 0 Å². The van der Waals surface area contributed by atoms with Crippen LogP contribution in [0.2, 0.25) is 0 Å². The van der Waals surface area contributed by atoms with Crippen LogP contribution in [0.5, 0.6) is 0 Å². The number of likely N-dealkylation sites (tertiary alicyclic amines) is 2. The van der Waals surface area contributed by atoms with E-state index in [4.69, 9.17) is 0 Å². The molecule has 3 rings (SSSR count). The number of piperidine rings is 1. The molecule has 0 aliphatic carbocycles. The molecule has 2 fully saturated rings. The van der Waals surface area contributed by atoms with Crippen molar-refractivity contribution in [1.82, 2.24) is 14.8 Å². The lowest BCUT2D eigenvalue weighted by Crippen LogP contribution is -2.47. The number of carbonyl (C=O) groups is 2. The van der Waals surface area contributed by atoms with E-state index in [1.807, 2.05) is 19.1 Å². The van der Waals surface area contributed by atoms with Crippen molar-refractivity contribution >= 4 is 11.8 Å². The molecule has 0 saturated carbocycles. The monoisotopic (exact) mass is 317 g/mol. The molecule has 0 aromatic carbocycles. The first kappa shape index (κ1) is 15.9. The highest BCUT2D eigenvalue weighted by atomic mass is 16.3. The van der Waals surface area contributed by atoms with Gasteiger partial charge in [0, 0.05) is 50.6 Å². The van der Waals surface area contributed by atoms with E-state index in [1.165, 1.54) is 0 Å². The van der Waals surface area contributed by atoms with Gasteiger partial charge < -0.3 is 14.9 Å². The number of hydrogen-bond donors (Lipinski definition) is 1. The molecular weight excluding hydrogens is 294 g/mol. The van der Waals surface area contributed by atoms with Gasteiger partial charge in [0.1, 0.15) is 0 Å². The molecule has 1 aromatic rings. The van der Waals surface area contributed by atoms with Crippen LogP contribution in [-0.4, -0.2) is 57.9 Å². The van der Waals surface area contributed by atoms with Crippen molar-refractivity contribution in [3.63, 3.8) is 0 Å². The molecule has 0 radical (unpaired) electrons. The molecule has 2 aliphatic rings. The molecule has 1 unspecified atom stereocenters. The summed E-state index contributed by atoms with van der Waals surface area (Å²) in [7, 11) is 0. The number of aliphatic hydroxyl groups is 1. The van der Waals surface area contributed by atoms with Crippen molar-refractivity contribution in [3.05, 3.63) is 30.1 Å². The van der Waals surface area contributed by atoms with E-state index in [0.717, 1.165) is 5.56 Å². The Hall–Kier alpha value is -1.95. The normalized spacial score (nSPS) is 24.1. The van der Waals surface area contributed by atoms with Crippen LogP contribution in [0.3, 0.4) is 0 Å². The zero-order valence-corrected chi connectivity index (χ0v) is 13.4. The lowest BCUT2D eigenvalue weighted by molar-refractivity contribution is -0.140. The molecule has 1 atom stereocenters. The minimum atomic E-state index is -0.911. The average Bonchev–Trinajstić information content (AvgIpc) is 2.97. The lowest BCUT2D eigenvalue weighted by Gasteiger charge is -2.39. The quantitative estimate of drug-likeness (QED) is 0.893. The summed E-state index contributed by atoms with van der Waals surface area (Å²) in [6, 6.07) is 3.69. The number of amides is 2. The molecule has 124 valence electrons. The largest absolute Gasteiger partial charge is 0.385 e. The first-order valence-electron chi connectivity index (χ1n) is 8.23. The van der Waals surface area contributed by atoms with Crippen molar-refractivity contribution in [2.75, 3.05) is 26.2 Å². The molecule has 0 bridgehead atoms. The predicted octanol–water partition coefficient (Wildman–Crippen LogP) is 0.760. The van der Waals surface area contributed by atoms with Gasteiger partial charge in [0.05, 0.1) is 11.5 Å². The Morgan fingerprint density at radius 3 is 2.74 bits per heavy atom. The molecule has 2 saturated heterocycles. The van der Waals surface area contributed by atoms with Gasteiger partial charge in [0.15, 0.2) is 0 Å². The zero-order valence-electron chi connectivity index (χ0n) is 13.4. The van der Waals surface area contributed by atoms with Gasteiger partial charge in [-0.3, -0.25) is 14.6 Å². The number of hydrogen-bond acceptors (Lipinski definition) is 4. The fraction of sp³-hybridized carbons (Fsp3) is 0.588. The Kier molecular flexibility index (Phi) is 4.35. The Balaban J connectivity index is 1.61. The second-order valence-corrected chi connectivity index (χ2v) is 6.43. The highest BCUT2D eigenvalue weighted by molar-refractivity contribution is 5.89. The van der Waals surface area contributed by atoms with E-state index in [0.29, 0.717) is 45.4 Å². The van der Waals surface area contributed by atoms with E-state index in [2.05, 4.69) is 4.98 Å². The molecule has 3 heterocycles. The fourth-order valence-electron chi connectivity index (χ4n) is 3.53. The van der Waals surface area contributed by atoms with Crippen molar-refractivity contribution in [2.24, 2.45) is 5.92 Å². The Morgan fingerprint density at radius 1 is 1.43 bits per heavy atom. The maximum atomic E-state index is 12.6. The van der Waals surface area contributed by atoms with Crippen LogP contribution in [0.25, 0.3) is 0 Å². The summed E-state index contributed by atoms with van der Waals surface area (Å²) in [6.45, 7) is 4.14. The van der Waals surface area contributed by atoms with E-state index < -0.39 is 5.60 Å². The van der Waals surface area contributed by atoms with Crippen LogP contribution in [-0.2, 0) is 15.2 Å². The highest BCUT2D eigenvalue weighted by Crippen LogP contribution is 2.33. The number of nitrogens with zero attached hydrogens (tertiary/aromatic N) is 3. The minimum absolute atomic E-state index is 0.0440. The number of pyridine rings is 1. The van der Waals surface area contributed by atoms with E-state index in [-0.39, 0.29) is 17.7 Å². The molecular formula is C17H23N3O3. The Labute approximate surface area is 136 Å². The summed E-state index contributed by atoms with van der Waals surface area (Å²) >= 11 is 0. The van der Waals surface area contributed by atoms with Gasteiger partial charge in [0.2, 0.25) is 11.8 Å². The number of rotatable bonds is 3. The number of aromatic nitrogens is 1. The van der Waals surface area contributed by atoms with Crippen LogP contribution in [0, 0.1) is 5.92 Å². The topological polar surface area (TPSA) is 73.7 Å². The lowest BCUT2D eigenvalue weighted by atomic mass is 9.85. The van der Waals surface area contributed by atoms with Crippen LogP contribution >= 0.6 is 0 Å². The highest BCUT2D eigenvalue weighted by Gasteiger charge is 2.40. The summed E-state index contributed by atoms with van der Waals surface area (Å²) in [6.07, 6.45) is 4.69. The van der Waals surface area contributed by atoms with Crippen molar-refractivity contribution in [2.45, 2.75) is 31.8 Å². The van der Waals surface area contributed by atoms with Gasteiger partial charge in [0.25, 0.3) is 0 Å². The molecule has 2 amide bonds. The standard InChI is InChI=1S/C17H23N3O3/c1-2-19-12-13(10-15(19)21)16(22)20-8-5-17(23,6-9-20)14-4-3-7-18-11-14/h3-4,7,11,13,23H,2,5-6,8-10,12H2,1H3. The summed E-state index contributed by atoms with van der Waals surface area (Å²) in [5.41, 5.74) is -0.105. The van der Waals surface area contributed by atoms with Crippen LogP contribution in [0.1, 0.15) is 31.7 Å². The van der Waals surface area contributed by atoms with Crippen LogP contribution in [0.15, 0.2) is 24.5 Å². The molecule has 2 aliphatic heterocycles. The fourth-order valence-corrected chi connectivity index (χ4v) is 3.53. The minimum Gasteiger partial charge on any atom is -0.385 e. The average molecular weight is 317 g/mol. The van der Waals surface area contributed by atoms with Crippen molar-refractivity contribution in [3.8, 4) is 0 Å². The van der Waals surface area contributed by atoms with E-state index >= 15 is 0 Å². The van der Waals surface area contributed by atoms with Gasteiger partial charge in [-0.1, -0.05) is 6.07 Å². The molecule has 0 spiro atoms. The molecule has 1 aromatic heterocycles. The third-order valence-corrected chi connectivity index (χ3v) is 5.05. The summed E-state index contributed by atoms with van der Waals surface area (Å²) in [4.78, 5) is 32.0.